The monoisotopic (exact) mass is 281 g/mol. The minimum atomic E-state index is -3.85. The normalized spacial score (nSPS) is 11.2. The van der Waals surface area contributed by atoms with E-state index < -0.39 is 16.0 Å². The summed E-state index contributed by atoms with van der Waals surface area (Å²) in [5.41, 5.74) is 0.333. The second-order valence-electron chi connectivity index (χ2n) is 3.84. The second-order valence-corrected chi connectivity index (χ2v) is 5.52. The van der Waals surface area contributed by atoms with E-state index in [4.69, 9.17) is 5.11 Å². The van der Waals surface area contributed by atoms with Gasteiger partial charge in [0.05, 0.1) is 5.69 Å². The van der Waals surface area contributed by atoms with Crippen molar-refractivity contribution in [2.75, 3.05) is 4.72 Å². The molecule has 0 fully saturated rings. The number of aromatic carboxylic acids is 1. The molecule has 0 aliphatic rings. The van der Waals surface area contributed by atoms with Gasteiger partial charge in [-0.2, -0.15) is 0 Å². The Morgan fingerprint density at radius 2 is 2.21 bits per heavy atom. The highest BCUT2D eigenvalue weighted by Gasteiger charge is 2.20. The molecule has 0 aromatic carbocycles. The highest BCUT2D eigenvalue weighted by atomic mass is 32.2. The van der Waals surface area contributed by atoms with E-state index in [0.717, 1.165) is 0 Å². The second kappa shape index (κ2) is 4.73. The number of H-pyrrole nitrogens is 1. The maximum absolute atomic E-state index is 12.0. The fraction of sp³-hybridized carbons (Fsp3) is 0.0909. The molecule has 0 saturated heterocycles. The largest absolute Gasteiger partial charge is 0.477 e. The number of nitrogens with one attached hydrogen (secondary N) is 2. The van der Waals surface area contributed by atoms with Crippen molar-refractivity contribution in [3.05, 3.63) is 42.0 Å². The van der Waals surface area contributed by atoms with Crippen molar-refractivity contribution >= 4 is 21.7 Å². The first-order valence-corrected chi connectivity index (χ1v) is 6.74. The van der Waals surface area contributed by atoms with Gasteiger partial charge in [-0.05, 0) is 25.1 Å². The zero-order valence-electron chi connectivity index (χ0n) is 9.91. The average Bonchev–Trinajstić information content (AvgIpc) is 2.71. The SMILES string of the molecule is Cc1cc(NS(=O)(=O)c2cccnc2)c(C(=O)O)[nH]1. The van der Waals surface area contributed by atoms with E-state index in [1.54, 1.807) is 6.92 Å². The zero-order chi connectivity index (χ0) is 14.0. The summed E-state index contributed by atoms with van der Waals surface area (Å²) >= 11 is 0. The smallest absolute Gasteiger partial charge is 0.354 e. The van der Waals surface area contributed by atoms with Crippen LogP contribution in [0.15, 0.2) is 35.5 Å². The van der Waals surface area contributed by atoms with E-state index in [9.17, 15) is 13.2 Å². The molecule has 100 valence electrons. The van der Waals surface area contributed by atoms with Crippen molar-refractivity contribution in [3.63, 3.8) is 0 Å². The molecule has 8 heteroatoms. The Labute approximate surface area is 109 Å². The number of carboxylic acid groups (broad SMARTS) is 1. The van der Waals surface area contributed by atoms with Gasteiger partial charge >= 0.3 is 5.97 Å². The summed E-state index contributed by atoms with van der Waals surface area (Å²) in [6.45, 7) is 1.63. The fourth-order valence-electron chi connectivity index (χ4n) is 1.55. The zero-order valence-corrected chi connectivity index (χ0v) is 10.7. The average molecular weight is 281 g/mol. The number of aromatic amines is 1. The Bertz CT molecular complexity index is 707. The Balaban J connectivity index is 2.39. The van der Waals surface area contributed by atoms with Crippen molar-refractivity contribution in [1.29, 1.82) is 0 Å². The highest BCUT2D eigenvalue weighted by molar-refractivity contribution is 7.92. The molecule has 0 unspecified atom stereocenters. The lowest BCUT2D eigenvalue weighted by Gasteiger charge is -2.06. The summed E-state index contributed by atoms with van der Waals surface area (Å²) in [6.07, 6.45) is 2.63. The van der Waals surface area contributed by atoms with Crippen molar-refractivity contribution < 1.29 is 18.3 Å². The summed E-state index contributed by atoms with van der Waals surface area (Å²) < 4.78 is 26.3. The fourth-order valence-corrected chi connectivity index (χ4v) is 2.57. The van der Waals surface area contributed by atoms with Crippen LogP contribution in [0, 0.1) is 6.92 Å². The standard InChI is InChI=1S/C11H11N3O4S/c1-7-5-9(10(13-7)11(15)16)14-19(17,18)8-3-2-4-12-6-8/h2-6,13-14H,1H3,(H,15,16). The van der Waals surface area contributed by atoms with Crippen LogP contribution >= 0.6 is 0 Å². The third-order valence-electron chi connectivity index (χ3n) is 2.36. The number of aromatic nitrogens is 2. The molecule has 0 amide bonds. The van der Waals surface area contributed by atoms with E-state index >= 15 is 0 Å². The lowest BCUT2D eigenvalue weighted by Crippen LogP contribution is -2.15. The molecule has 2 aromatic rings. The molecular weight excluding hydrogens is 270 g/mol. The van der Waals surface area contributed by atoms with Gasteiger partial charge in [-0.1, -0.05) is 0 Å². The van der Waals surface area contributed by atoms with Crippen molar-refractivity contribution in [2.45, 2.75) is 11.8 Å². The first kappa shape index (κ1) is 13.1. The molecule has 19 heavy (non-hydrogen) atoms. The van der Waals surface area contributed by atoms with Crippen LogP contribution in [0.25, 0.3) is 0 Å². The molecule has 0 aliphatic heterocycles. The molecule has 2 heterocycles. The predicted molar refractivity (Wildman–Crippen MR) is 67.5 cm³/mol. The number of hydrogen-bond acceptors (Lipinski definition) is 4. The molecule has 0 radical (unpaired) electrons. The van der Waals surface area contributed by atoms with Gasteiger partial charge < -0.3 is 10.1 Å². The number of carbonyl (C=O) groups is 1. The van der Waals surface area contributed by atoms with Crippen LogP contribution in [-0.4, -0.2) is 29.5 Å². The van der Waals surface area contributed by atoms with Crippen LogP contribution in [0.3, 0.4) is 0 Å². The summed E-state index contributed by atoms with van der Waals surface area (Å²) in [7, 11) is -3.85. The molecule has 0 bridgehead atoms. The molecule has 2 rings (SSSR count). The van der Waals surface area contributed by atoms with Gasteiger partial charge in [-0.15, -0.1) is 0 Å². The van der Waals surface area contributed by atoms with Gasteiger partial charge in [-0.3, -0.25) is 9.71 Å². The minimum Gasteiger partial charge on any atom is -0.477 e. The molecule has 0 aliphatic carbocycles. The highest BCUT2D eigenvalue weighted by Crippen LogP contribution is 2.20. The third-order valence-corrected chi connectivity index (χ3v) is 3.71. The number of carboxylic acids is 1. The topological polar surface area (TPSA) is 112 Å². The van der Waals surface area contributed by atoms with E-state index in [1.165, 1.54) is 30.6 Å². The summed E-state index contributed by atoms with van der Waals surface area (Å²) in [6, 6.07) is 4.27. The van der Waals surface area contributed by atoms with Crippen LogP contribution in [0.1, 0.15) is 16.2 Å². The first-order chi connectivity index (χ1) is 8.90. The Kier molecular flexibility index (Phi) is 3.26. The molecule has 0 spiro atoms. The number of aryl methyl sites for hydroxylation is 1. The Morgan fingerprint density at radius 3 is 2.79 bits per heavy atom. The minimum absolute atomic E-state index is 0.00569. The van der Waals surface area contributed by atoms with Gasteiger partial charge in [0.2, 0.25) is 0 Å². The molecular formula is C11H11N3O4S. The Morgan fingerprint density at radius 1 is 1.47 bits per heavy atom. The summed E-state index contributed by atoms with van der Waals surface area (Å²) in [4.78, 5) is 17.2. The summed E-state index contributed by atoms with van der Waals surface area (Å²) in [5.74, 6) is -1.24. The third kappa shape index (κ3) is 2.74. The Hall–Kier alpha value is -2.35. The van der Waals surface area contributed by atoms with E-state index in [0.29, 0.717) is 5.69 Å². The molecule has 3 N–H and O–H groups in total. The van der Waals surface area contributed by atoms with Gasteiger partial charge in [0, 0.05) is 18.1 Å². The number of rotatable bonds is 4. The van der Waals surface area contributed by atoms with Crippen LogP contribution in [0.2, 0.25) is 0 Å². The summed E-state index contributed by atoms with van der Waals surface area (Å²) in [5, 5.41) is 8.97. The van der Waals surface area contributed by atoms with Gasteiger partial charge in [0.15, 0.2) is 0 Å². The number of hydrogen-bond donors (Lipinski definition) is 3. The number of anilines is 1. The van der Waals surface area contributed by atoms with Gasteiger partial charge in [-0.25, -0.2) is 13.2 Å². The maximum atomic E-state index is 12.0. The lowest BCUT2D eigenvalue weighted by molar-refractivity contribution is 0.0692. The number of sulfonamides is 1. The lowest BCUT2D eigenvalue weighted by atomic mass is 10.4. The first-order valence-electron chi connectivity index (χ1n) is 5.26. The number of nitrogens with zero attached hydrogens (tertiary/aromatic N) is 1. The molecule has 0 atom stereocenters. The van der Waals surface area contributed by atoms with Gasteiger partial charge in [0.25, 0.3) is 10.0 Å². The van der Waals surface area contributed by atoms with Gasteiger partial charge in [0.1, 0.15) is 10.6 Å². The van der Waals surface area contributed by atoms with Crippen molar-refractivity contribution in [1.82, 2.24) is 9.97 Å². The van der Waals surface area contributed by atoms with Crippen molar-refractivity contribution in [3.8, 4) is 0 Å². The van der Waals surface area contributed by atoms with Crippen molar-refractivity contribution in [2.24, 2.45) is 0 Å². The quantitative estimate of drug-likeness (QED) is 0.780. The molecule has 7 nitrogen and oxygen atoms in total. The van der Waals surface area contributed by atoms with Crippen LogP contribution in [0.4, 0.5) is 5.69 Å². The molecule has 0 saturated carbocycles. The number of pyridine rings is 1. The van der Waals surface area contributed by atoms with Crippen LogP contribution in [0.5, 0.6) is 0 Å². The van der Waals surface area contributed by atoms with Crippen LogP contribution < -0.4 is 4.72 Å². The molecule has 2 aromatic heterocycles. The van der Waals surface area contributed by atoms with Crippen LogP contribution in [-0.2, 0) is 10.0 Å². The predicted octanol–water partition coefficient (Wildman–Crippen LogP) is 1.22. The van der Waals surface area contributed by atoms with E-state index in [1.807, 2.05) is 0 Å². The van der Waals surface area contributed by atoms with E-state index in [-0.39, 0.29) is 16.3 Å². The van der Waals surface area contributed by atoms with E-state index in [2.05, 4.69) is 14.7 Å². The maximum Gasteiger partial charge on any atom is 0.354 e.